The van der Waals surface area contributed by atoms with E-state index in [0.29, 0.717) is 0 Å². The summed E-state index contributed by atoms with van der Waals surface area (Å²) in [6.07, 6.45) is 1.09. The third-order valence-corrected chi connectivity index (χ3v) is 6.38. The molecule has 1 unspecified atom stereocenters. The van der Waals surface area contributed by atoms with Gasteiger partial charge in [-0.1, -0.05) is 34.5 Å². The first-order valence-electron chi connectivity index (χ1n) is 4.05. The minimum atomic E-state index is -1.93. The molecule has 0 fully saturated rings. The van der Waals surface area contributed by atoms with Crippen molar-refractivity contribution in [2.45, 2.75) is 25.4 Å². The lowest BCUT2D eigenvalue weighted by atomic mass is 10.6. The van der Waals surface area contributed by atoms with Gasteiger partial charge in [-0.2, -0.15) is 0 Å². The molecule has 0 rings (SSSR count). The van der Waals surface area contributed by atoms with Crippen molar-refractivity contribution in [1.82, 2.24) is 0 Å². The van der Waals surface area contributed by atoms with Crippen molar-refractivity contribution >= 4 is 36.1 Å². The lowest BCUT2D eigenvalue weighted by molar-refractivity contribution is 0.231. The van der Waals surface area contributed by atoms with E-state index in [-0.39, 0.29) is 6.07 Å². The van der Waals surface area contributed by atoms with Crippen LogP contribution in [0.4, 0.5) is 0 Å². The largest absolute Gasteiger partial charge is 0.398 e. The van der Waals surface area contributed by atoms with Gasteiger partial charge in [0.15, 0.2) is 0 Å². The topological polar surface area (TPSA) is 18.5 Å². The Labute approximate surface area is 89.0 Å². The van der Waals surface area contributed by atoms with Gasteiger partial charge in [0.25, 0.3) is 0 Å². The summed E-state index contributed by atoms with van der Waals surface area (Å²) < 4.78 is 10.9. The highest BCUT2D eigenvalue weighted by Gasteiger charge is 2.33. The Bertz CT molecular complexity index is 112. The number of alkyl halides is 2. The van der Waals surface area contributed by atoms with E-state index in [4.69, 9.17) is 20.5 Å². The molecule has 12 heavy (non-hydrogen) atoms. The first-order valence-corrected chi connectivity index (χ1v) is 7.94. The smallest absolute Gasteiger partial charge is 0.338 e. The molecule has 0 saturated carbocycles. The second-order valence-electron chi connectivity index (χ2n) is 2.51. The van der Waals surface area contributed by atoms with E-state index < -0.39 is 8.56 Å². The summed E-state index contributed by atoms with van der Waals surface area (Å²) in [7, 11) is -0.208. The minimum Gasteiger partial charge on any atom is -0.398 e. The number of halogens is 2. The van der Waals surface area contributed by atoms with Crippen LogP contribution in [-0.4, -0.2) is 27.1 Å². The van der Waals surface area contributed by atoms with Crippen LogP contribution in [-0.2, 0) is 8.85 Å². The lowest BCUT2D eigenvalue weighted by Crippen LogP contribution is -2.40. The quantitative estimate of drug-likeness (QED) is 0.525. The molecule has 0 radical (unpaired) electrons. The minimum absolute atomic E-state index is 0.246. The van der Waals surface area contributed by atoms with Crippen LogP contribution in [0.25, 0.3) is 0 Å². The summed E-state index contributed by atoms with van der Waals surface area (Å²) in [5.41, 5.74) is 0. The second kappa shape index (κ2) is 7.32. The molecule has 2 nitrogen and oxygen atoms in total. The molecular formula is C7H16BrClO2Si. The Morgan fingerprint density at radius 3 is 2.50 bits per heavy atom. The van der Waals surface area contributed by atoms with Crippen molar-refractivity contribution in [3.8, 4) is 0 Å². The Morgan fingerprint density at radius 2 is 2.17 bits per heavy atom. The fourth-order valence-electron chi connectivity index (χ4n) is 1.09. The SMILES string of the molecule is CC[Si](CCCBr)(OC)OCCl. The number of hydrogen-bond acceptors (Lipinski definition) is 2. The predicted octanol–water partition coefficient (Wildman–Crippen LogP) is 3.09. The van der Waals surface area contributed by atoms with E-state index in [9.17, 15) is 0 Å². The summed E-state index contributed by atoms with van der Waals surface area (Å²) in [5.74, 6) is 0. The third-order valence-electron chi connectivity index (χ3n) is 1.92. The monoisotopic (exact) mass is 274 g/mol. The van der Waals surface area contributed by atoms with Gasteiger partial charge in [-0.3, -0.25) is 0 Å². The molecule has 0 bridgehead atoms. The van der Waals surface area contributed by atoms with E-state index in [0.717, 1.165) is 23.8 Å². The summed E-state index contributed by atoms with van der Waals surface area (Å²) in [5, 5.41) is 0.997. The molecule has 0 spiro atoms. The molecule has 0 aliphatic rings. The number of hydrogen-bond donors (Lipinski definition) is 0. The van der Waals surface area contributed by atoms with Crippen LogP contribution in [0.3, 0.4) is 0 Å². The average Bonchev–Trinajstić information content (AvgIpc) is 2.13. The maximum absolute atomic E-state index is 5.54. The van der Waals surface area contributed by atoms with Gasteiger partial charge >= 0.3 is 8.56 Å². The van der Waals surface area contributed by atoms with Crippen LogP contribution in [0.2, 0.25) is 12.1 Å². The summed E-state index contributed by atoms with van der Waals surface area (Å²) in [4.78, 5) is 0. The molecule has 0 aromatic carbocycles. The zero-order valence-electron chi connectivity index (χ0n) is 7.61. The van der Waals surface area contributed by atoms with Crippen LogP contribution in [0, 0.1) is 0 Å². The standard InChI is InChI=1S/C7H16BrClO2Si/c1-3-12(10-2,11-7-9)6-4-5-8/h3-7H2,1-2H3. The van der Waals surface area contributed by atoms with Crippen molar-refractivity contribution in [3.05, 3.63) is 0 Å². The molecule has 0 heterocycles. The van der Waals surface area contributed by atoms with Crippen LogP contribution in [0.1, 0.15) is 13.3 Å². The molecule has 5 heteroatoms. The molecular weight excluding hydrogens is 260 g/mol. The van der Waals surface area contributed by atoms with E-state index in [1.54, 1.807) is 7.11 Å². The Balaban J connectivity index is 3.95. The van der Waals surface area contributed by atoms with Crippen molar-refractivity contribution < 1.29 is 8.85 Å². The Morgan fingerprint density at radius 1 is 1.50 bits per heavy atom. The van der Waals surface area contributed by atoms with E-state index >= 15 is 0 Å². The van der Waals surface area contributed by atoms with E-state index in [2.05, 4.69) is 22.9 Å². The van der Waals surface area contributed by atoms with Crippen LogP contribution >= 0.6 is 27.5 Å². The van der Waals surface area contributed by atoms with Gasteiger partial charge in [-0.15, -0.1) is 0 Å². The van der Waals surface area contributed by atoms with Crippen LogP contribution in [0.15, 0.2) is 0 Å². The zero-order chi connectivity index (χ0) is 9.45. The first kappa shape index (κ1) is 12.9. The van der Waals surface area contributed by atoms with Gasteiger partial charge in [0.05, 0.1) is 0 Å². The van der Waals surface area contributed by atoms with E-state index in [1.165, 1.54) is 0 Å². The van der Waals surface area contributed by atoms with E-state index in [1.807, 2.05) is 0 Å². The normalized spacial score (nSPS) is 16.0. The molecule has 0 aliphatic heterocycles. The second-order valence-corrected chi connectivity index (χ2v) is 7.25. The van der Waals surface area contributed by atoms with Gasteiger partial charge in [-0.25, -0.2) is 0 Å². The maximum Gasteiger partial charge on any atom is 0.338 e. The van der Waals surface area contributed by atoms with Gasteiger partial charge in [-0.05, 0) is 18.5 Å². The highest BCUT2D eigenvalue weighted by Crippen LogP contribution is 2.20. The lowest BCUT2D eigenvalue weighted by Gasteiger charge is -2.26. The van der Waals surface area contributed by atoms with Crippen LogP contribution < -0.4 is 0 Å². The van der Waals surface area contributed by atoms with Gasteiger partial charge in [0.2, 0.25) is 0 Å². The predicted molar refractivity (Wildman–Crippen MR) is 58.3 cm³/mol. The average molecular weight is 276 g/mol. The van der Waals surface area contributed by atoms with Gasteiger partial charge in [0, 0.05) is 12.4 Å². The highest BCUT2D eigenvalue weighted by molar-refractivity contribution is 9.09. The first-order chi connectivity index (χ1) is 5.74. The van der Waals surface area contributed by atoms with Crippen molar-refractivity contribution in [3.63, 3.8) is 0 Å². The molecule has 74 valence electrons. The van der Waals surface area contributed by atoms with Crippen molar-refractivity contribution in [1.29, 1.82) is 0 Å². The molecule has 0 amide bonds. The number of rotatable bonds is 7. The maximum atomic E-state index is 5.54. The zero-order valence-corrected chi connectivity index (χ0v) is 10.9. The third kappa shape index (κ3) is 4.23. The molecule has 0 aliphatic carbocycles. The molecule has 0 aromatic heterocycles. The molecule has 0 saturated heterocycles. The molecule has 0 N–H and O–H groups in total. The molecule has 0 aromatic rings. The Hall–Kier alpha value is 0.907. The fourth-order valence-corrected chi connectivity index (χ4v) is 4.71. The van der Waals surface area contributed by atoms with Gasteiger partial charge < -0.3 is 8.85 Å². The summed E-state index contributed by atoms with van der Waals surface area (Å²) in [6, 6.07) is 2.22. The highest BCUT2D eigenvalue weighted by atomic mass is 79.9. The fraction of sp³-hybridized carbons (Fsp3) is 1.00. The van der Waals surface area contributed by atoms with Crippen LogP contribution in [0.5, 0.6) is 0 Å². The Kier molecular flexibility index (Phi) is 7.88. The van der Waals surface area contributed by atoms with Crippen molar-refractivity contribution in [2.24, 2.45) is 0 Å². The van der Waals surface area contributed by atoms with Crippen molar-refractivity contribution in [2.75, 3.05) is 18.5 Å². The summed E-state index contributed by atoms with van der Waals surface area (Å²) >= 11 is 8.93. The summed E-state index contributed by atoms with van der Waals surface area (Å²) in [6.45, 7) is 2.09. The van der Waals surface area contributed by atoms with Gasteiger partial charge in [0.1, 0.15) is 6.07 Å². The molecule has 1 atom stereocenters.